The van der Waals surface area contributed by atoms with Crippen LogP contribution in [0.2, 0.25) is 0 Å². The van der Waals surface area contributed by atoms with Gasteiger partial charge in [0.05, 0.1) is 5.69 Å². The molecule has 0 fully saturated rings. The molecule has 3 rings (SSSR count). The highest BCUT2D eigenvalue weighted by Crippen LogP contribution is 2.32. The maximum absolute atomic E-state index is 11.4. The molecule has 100 valence electrons. The number of fused-ring (bicyclic) bond motifs is 3. The summed E-state index contributed by atoms with van der Waals surface area (Å²) in [6.07, 6.45) is -0.923. The Labute approximate surface area is 117 Å². The molecule has 0 saturated carbocycles. The number of hydrogen-bond acceptors (Lipinski definition) is 1. The van der Waals surface area contributed by atoms with Gasteiger partial charge in [0.15, 0.2) is 0 Å². The summed E-state index contributed by atoms with van der Waals surface area (Å²) in [6.45, 7) is 2.27. The summed E-state index contributed by atoms with van der Waals surface area (Å²) in [5.41, 5.74) is 0.739. The summed E-state index contributed by atoms with van der Waals surface area (Å²) in [5, 5.41) is 13.7. The van der Waals surface area contributed by atoms with Crippen molar-refractivity contribution >= 4 is 33.3 Å². The van der Waals surface area contributed by atoms with Gasteiger partial charge in [-0.15, -0.1) is 0 Å². The molecule has 0 unspecified atom stereocenters. The quantitative estimate of drug-likeness (QED) is 0.693. The summed E-state index contributed by atoms with van der Waals surface area (Å²) < 4.78 is 0. The van der Waals surface area contributed by atoms with Crippen molar-refractivity contribution in [2.75, 3.05) is 11.4 Å². The van der Waals surface area contributed by atoms with Gasteiger partial charge < -0.3 is 5.11 Å². The third kappa shape index (κ3) is 1.88. The fourth-order valence-electron chi connectivity index (χ4n) is 2.67. The van der Waals surface area contributed by atoms with Crippen LogP contribution in [0.5, 0.6) is 0 Å². The van der Waals surface area contributed by atoms with Crippen molar-refractivity contribution < 1.29 is 9.90 Å². The predicted octanol–water partition coefficient (Wildman–Crippen LogP) is 4.50. The molecule has 0 bridgehead atoms. The first-order valence-electron chi connectivity index (χ1n) is 6.63. The fraction of sp³-hybridized carbons (Fsp3) is 0.118. The molecule has 1 amide bonds. The lowest BCUT2D eigenvalue weighted by Gasteiger charge is -2.19. The van der Waals surface area contributed by atoms with E-state index in [1.54, 1.807) is 0 Å². The molecular formula is C17H15NO2. The summed E-state index contributed by atoms with van der Waals surface area (Å²) in [7, 11) is 0. The van der Waals surface area contributed by atoms with Crippen LogP contribution in [0.25, 0.3) is 21.5 Å². The number of rotatable bonds is 2. The van der Waals surface area contributed by atoms with Gasteiger partial charge in [-0.3, -0.25) is 4.90 Å². The lowest BCUT2D eigenvalue weighted by Crippen LogP contribution is -2.28. The SMILES string of the molecule is CCN(C(=O)O)c1cccc2c1ccc1ccccc12. The van der Waals surface area contributed by atoms with E-state index in [0.29, 0.717) is 6.54 Å². The molecular weight excluding hydrogens is 250 g/mol. The van der Waals surface area contributed by atoms with Crippen molar-refractivity contribution in [1.82, 2.24) is 0 Å². The lowest BCUT2D eigenvalue weighted by atomic mass is 10.0. The summed E-state index contributed by atoms with van der Waals surface area (Å²) in [5.74, 6) is 0. The lowest BCUT2D eigenvalue weighted by molar-refractivity contribution is 0.202. The minimum Gasteiger partial charge on any atom is -0.465 e. The van der Waals surface area contributed by atoms with Crippen LogP contribution in [-0.4, -0.2) is 17.7 Å². The normalized spacial score (nSPS) is 10.8. The topological polar surface area (TPSA) is 40.5 Å². The molecule has 20 heavy (non-hydrogen) atoms. The molecule has 0 aromatic heterocycles. The van der Waals surface area contributed by atoms with E-state index < -0.39 is 6.09 Å². The average molecular weight is 265 g/mol. The van der Waals surface area contributed by atoms with Gasteiger partial charge in [0.2, 0.25) is 0 Å². The Bertz CT molecular complexity index is 795. The van der Waals surface area contributed by atoms with Gasteiger partial charge in [0.25, 0.3) is 0 Å². The fourth-order valence-corrected chi connectivity index (χ4v) is 2.67. The molecule has 0 atom stereocenters. The molecule has 0 aliphatic rings. The van der Waals surface area contributed by atoms with E-state index >= 15 is 0 Å². The highest BCUT2D eigenvalue weighted by atomic mass is 16.4. The van der Waals surface area contributed by atoms with E-state index in [2.05, 4.69) is 12.1 Å². The van der Waals surface area contributed by atoms with Crippen molar-refractivity contribution in [3.8, 4) is 0 Å². The van der Waals surface area contributed by atoms with Gasteiger partial charge in [-0.2, -0.15) is 0 Å². The van der Waals surface area contributed by atoms with Crippen LogP contribution in [0.3, 0.4) is 0 Å². The molecule has 0 spiro atoms. The molecule has 3 aromatic rings. The van der Waals surface area contributed by atoms with Crippen LogP contribution in [0.15, 0.2) is 54.6 Å². The van der Waals surface area contributed by atoms with E-state index in [9.17, 15) is 9.90 Å². The summed E-state index contributed by atoms with van der Waals surface area (Å²) in [4.78, 5) is 12.7. The summed E-state index contributed by atoms with van der Waals surface area (Å²) >= 11 is 0. The number of carboxylic acid groups (broad SMARTS) is 1. The Kier molecular flexibility index (Phi) is 3.03. The van der Waals surface area contributed by atoms with Gasteiger partial charge in [0, 0.05) is 11.9 Å². The number of amides is 1. The second-order valence-electron chi connectivity index (χ2n) is 4.69. The van der Waals surface area contributed by atoms with Gasteiger partial charge in [0.1, 0.15) is 0 Å². The van der Waals surface area contributed by atoms with E-state index in [-0.39, 0.29) is 0 Å². The summed E-state index contributed by atoms with van der Waals surface area (Å²) in [6, 6.07) is 18.0. The Balaban J connectivity index is 2.35. The largest absolute Gasteiger partial charge is 0.465 e. The molecule has 0 aliphatic carbocycles. The zero-order valence-corrected chi connectivity index (χ0v) is 11.2. The number of hydrogen-bond donors (Lipinski definition) is 1. The third-order valence-electron chi connectivity index (χ3n) is 3.60. The standard InChI is InChI=1S/C17H15NO2/c1-2-18(17(19)20)16-9-5-8-14-13-7-4-3-6-12(13)10-11-15(14)16/h3-11H,2H2,1H3,(H,19,20). The maximum atomic E-state index is 11.4. The molecule has 3 aromatic carbocycles. The molecule has 0 heterocycles. The molecule has 3 heteroatoms. The zero-order chi connectivity index (χ0) is 14.1. The van der Waals surface area contributed by atoms with E-state index in [0.717, 1.165) is 27.2 Å². The van der Waals surface area contributed by atoms with Crippen LogP contribution in [-0.2, 0) is 0 Å². The van der Waals surface area contributed by atoms with Crippen LogP contribution < -0.4 is 4.90 Å². The van der Waals surface area contributed by atoms with Crippen LogP contribution >= 0.6 is 0 Å². The monoisotopic (exact) mass is 265 g/mol. The van der Waals surface area contributed by atoms with Gasteiger partial charge in [-0.05, 0) is 29.1 Å². The van der Waals surface area contributed by atoms with E-state index in [4.69, 9.17) is 0 Å². The second kappa shape index (κ2) is 4.85. The average Bonchev–Trinajstić information content (AvgIpc) is 2.47. The second-order valence-corrected chi connectivity index (χ2v) is 4.69. The first-order chi connectivity index (χ1) is 9.72. The molecule has 0 saturated heterocycles. The maximum Gasteiger partial charge on any atom is 0.411 e. The number of carbonyl (C=O) groups is 1. The number of nitrogens with zero attached hydrogens (tertiary/aromatic N) is 1. The number of benzene rings is 3. The Morgan fingerprint density at radius 3 is 2.45 bits per heavy atom. The van der Waals surface area contributed by atoms with Gasteiger partial charge in [-0.25, -0.2) is 4.79 Å². The molecule has 3 nitrogen and oxygen atoms in total. The minimum atomic E-state index is -0.923. The van der Waals surface area contributed by atoms with Crippen molar-refractivity contribution in [3.63, 3.8) is 0 Å². The Hall–Kier alpha value is -2.55. The third-order valence-corrected chi connectivity index (χ3v) is 3.60. The Morgan fingerprint density at radius 1 is 0.950 bits per heavy atom. The zero-order valence-electron chi connectivity index (χ0n) is 11.2. The van der Waals surface area contributed by atoms with Crippen LogP contribution in [0.4, 0.5) is 10.5 Å². The highest BCUT2D eigenvalue weighted by Gasteiger charge is 2.15. The van der Waals surface area contributed by atoms with Gasteiger partial charge >= 0.3 is 6.09 Å². The van der Waals surface area contributed by atoms with Crippen molar-refractivity contribution in [1.29, 1.82) is 0 Å². The van der Waals surface area contributed by atoms with E-state index in [1.165, 1.54) is 4.90 Å². The van der Waals surface area contributed by atoms with Crippen molar-refractivity contribution in [3.05, 3.63) is 54.6 Å². The molecule has 0 aliphatic heterocycles. The van der Waals surface area contributed by atoms with Crippen LogP contribution in [0, 0.1) is 0 Å². The van der Waals surface area contributed by atoms with E-state index in [1.807, 2.05) is 49.4 Å². The van der Waals surface area contributed by atoms with Crippen LogP contribution in [0.1, 0.15) is 6.92 Å². The first kappa shape index (κ1) is 12.5. The number of anilines is 1. The van der Waals surface area contributed by atoms with Gasteiger partial charge in [-0.1, -0.05) is 48.5 Å². The first-order valence-corrected chi connectivity index (χ1v) is 6.63. The predicted molar refractivity (Wildman–Crippen MR) is 82.5 cm³/mol. The van der Waals surface area contributed by atoms with Crippen molar-refractivity contribution in [2.45, 2.75) is 6.92 Å². The van der Waals surface area contributed by atoms with Crippen molar-refractivity contribution in [2.24, 2.45) is 0 Å². The smallest absolute Gasteiger partial charge is 0.411 e. The molecule has 1 N–H and O–H groups in total. The molecule has 0 radical (unpaired) electrons. The highest BCUT2D eigenvalue weighted by molar-refractivity contribution is 6.13. The Morgan fingerprint density at radius 2 is 1.70 bits per heavy atom. The minimum absolute atomic E-state index is 0.432.